The maximum absolute atomic E-state index is 6.33. The van der Waals surface area contributed by atoms with E-state index in [0.717, 1.165) is 30.2 Å². The fraction of sp³-hybridized carbons (Fsp3) is 0.368. The van der Waals surface area contributed by atoms with E-state index in [-0.39, 0.29) is 24.6 Å². The van der Waals surface area contributed by atoms with Crippen LogP contribution in [0.4, 0.5) is 0 Å². The second kappa shape index (κ2) is 9.52. The maximum Gasteiger partial charge on any atom is 0.162 e. The van der Waals surface area contributed by atoms with Crippen molar-refractivity contribution in [2.75, 3.05) is 26.3 Å². The fourth-order valence-electron chi connectivity index (χ4n) is 2.74. The Hall–Kier alpha value is -1.75. The van der Waals surface area contributed by atoms with E-state index in [1.807, 2.05) is 49.4 Å². The Kier molecular flexibility index (Phi) is 7.37. The lowest BCUT2D eigenvalue weighted by Crippen LogP contribution is -2.43. The molecule has 1 aliphatic rings. The van der Waals surface area contributed by atoms with Gasteiger partial charge in [0.15, 0.2) is 17.6 Å². The minimum Gasteiger partial charge on any atom is -0.490 e. The molecule has 3 rings (SSSR count). The summed E-state index contributed by atoms with van der Waals surface area (Å²) < 4.78 is 18.0. The van der Waals surface area contributed by atoms with Crippen LogP contribution in [0, 0.1) is 0 Å². The third-order valence-electron chi connectivity index (χ3n) is 3.83. The molecular formula is C19H24ClNO3. The zero-order chi connectivity index (χ0) is 15.9. The van der Waals surface area contributed by atoms with Gasteiger partial charge >= 0.3 is 0 Å². The number of ether oxygens (including phenoxy) is 3. The molecule has 1 fully saturated rings. The number of morpholine rings is 1. The Bertz CT molecular complexity index is 603. The van der Waals surface area contributed by atoms with Crippen molar-refractivity contribution in [2.24, 2.45) is 0 Å². The quantitative estimate of drug-likeness (QED) is 0.864. The maximum atomic E-state index is 6.33. The van der Waals surface area contributed by atoms with Gasteiger partial charge in [-0.15, -0.1) is 12.4 Å². The van der Waals surface area contributed by atoms with Gasteiger partial charge in [-0.2, -0.15) is 0 Å². The van der Waals surface area contributed by atoms with Gasteiger partial charge in [0.25, 0.3) is 0 Å². The first kappa shape index (κ1) is 18.6. The number of nitrogens with one attached hydrogen (secondary N) is 1. The summed E-state index contributed by atoms with van der Waals surface area (Å²) >= 11 is 0. The second-order valence-corrected chi connectivity index (χ2v) is 5.44. The largest absolute Gasteiger partial charge is 0.490 e. The molecule has 0 radical (unpaired) electrons. The molecule has 1 aliphatic heterocycles. The summed E-state index contributed by atoms with van der Waals surface area (Å²) in [6.45, 7) is 4.94. The van der Waals surface area contributed by atoms with E-state index in [9.17, 15) is 0 Å². The molecule has 1 saturated heterocycles. The molecule has 130 valence electrons. The van der Waals surface area contributed by atoms with Crippen LogP contribution in [-0.2, 0) is 4.74 Å². The number of rotatable bonds is 6. The standard InChI is InChI=1S/C19H23NO3.ClH/c1-2-21-16-10-6-7-11-17(16)23-19(15-8-4-3-5-9-15)18-14-20-12-13-22-18;/h3-11,18-20H,2,12-14H2,1H3;1H/t18-,19?;/m1./s1. The summed E-state index contributed by atoms with van der Waals surface area (Å²) in [4.78, 5) is 0. The summed E-state index contributed by atoms with van der Waals surface area (Å²) in [5, 5.41) is 3.37. The topological polar surface area (TPSA) is 39.7 Å². The third-order valence-corrected chi connectivity index (χ3v) is 3.83. The fourth-order valence-corrected chi connectivity index (χ4v) is 2.74. The SMILES string of the molecule is CCOc1ccccc1OC(c1ccccc1)[C@H]1CNCCO1.Cl. The number of hydrogen-bond donors (Lipinski definition) is 1. The predicted octanol–water partition coefficient (Wildman–Crippen LogP) is 3.62. The first-order valence-corrected chi connectivity index (χ1v) is 8.14. The normalized spacial score (nSPS) is 18.3. The number of para-hydroxylation sites is 2. The lowest BCUT2D eigenvalue weighted by molar-refractivity contribution is -0.0439. The molecule has 1 heterocycles. The van der Waals surface area contributed by atoms with Gasteiger partial charge in [-0.3, -0.25) is 0 Å². The van der Waals surface area contributed by atoms with Crippen molar-refractivity contribution in [1.29, 1.82) is 0 Å². The van der Waals surface area contributed by atoms with Gasteiger partial charge in [-0.05, 0) is 24.6 Å². The lowest BCUT2D eigenvalue weighted by Gasteiger charge is -2.32. The average molecular weight is 350 g/mol. The molecule has 0 aromatic heterocycles. The van der Waals surface area contributed by atoms with E-state index in [0.29, 0.717) is 13.2 Å². The smallest absolute Gasteiger partial charge is 0.162 e. The lowest BCUT2D eigenvalue weighted by atomic mass is 10.0. The van der Waals surface area contributed by atoms with Gasteiger partial charge in [0.1, 0.15) is 6.10 Å². The van der Waals surface area contributed by atoms with Gasteiger partial charge < -0.3 is 19.5 Å². The zero-order valence-corrected chi connectivity index (χ0v) is 14.6. The third kappa shape index (κ3) is 4.63. The van der Waals surface area contributed by atoms with Gasteiger partial charge in [0.2, 0.25) is 0 Å². The summed E-state index contributed by atoms with van der Waals surface area (Å²) in [5.74, 6) is 1.51. The van der Waals surface area contributed by atoms with Crippen LogP contribution >= 0.6 is 12.4 Å². The Morgan fingerprint density at radius 3 is 2.46 bits per heavy atom. The highest BCUT2D eigenvalue weighted by Gasteiger charge is 2.28. The van der Waals surface area contributed by atoms with Crippen LogP contribution in [0.25, 0.3) is 0 Å². The molecule has 0 spiro atoms. The van der Waals surface area contributed by atoms with E-state index in [1.54, 1.807) is 0 Å². The molecule has 4 nitrogen and oxygen atoms in total. The van der Waals surface area contributed by atoms with Crippen LogP contribution in [0.3, 0.4) is 0 Å². The summed E-state index contributed by atoms with van der Waals surface area (Å²) in [6.07, 6.45) is -0.202. The Morgan fingerprint density at radius 2 is 1.79 bits per heavy atom. The Morgan fingerprint density at radius 1 is 1.08 bits per heavy atom. The summed E-state index contributed by atoms with van der Waals surface area (Å²) in [7, 11) is 0. The van der Waals surface area contributed by atoms with Crippen LogP contribution in [0.2, 0.25) is 0 Å². The van der Waals surface area contributed by atoms with Crippen molar-refractivity contribution in [3.8, 4) is 11.5 Å². The van der Waals surface area contributed by atoms with E-state index in [2.05, 4.69) is 17.4 Å². The minimum atomic E-state index is -0.175. The van der Waals surface area contributed by atoms with Gasteiger partial charge in [0.05, 0.1) is 13.2 Å². The van der Waals surface area contributed by atoms with Crippen LogP contribution in [-0.4, -0.2) is 32.4 Å². The molecule has 0 bridgehead atoms. The molecule has 2 aromatic rings. The van der Waals surface area contributed by atoms with Crippen molar-refractivity contribution in [2.45, 2.75) is 19.1 Å². The molecule has 24 heavy (non-hydrogen) atoms. The first-order chi connectivity index (χ1) is 11.4. The van der Waals surface area contributed by atoms with E-state index in [4.69, 9.17) is 14.2 Å². The molecule has 2 aromatic carbocycles. The van der Waals surface area contributed by atoms with Crippen molar-refractivity contribution in [1.82, 2.24) is 5.32 Å². The number of halogens is 1. The minimum absolute atomic E-state index is 0. The van der Waals surface area contributed by atoms with Crippen molar-refractivity contribution in [3.63, 3.8) is 0 Å². The second-order valence-electron chi connectivity index (χ2n) is 5.44. The van der Waals surface area contributed by atoms with Crippen LogP contribution in [0.15, 0.2) is 54.6 Å². The van der Waals surface area contributed by atoms with Gasteiger partial charge in [-0.25, -0.2) is 0 Å². The zero-order valence-electron chi connectivity index (χ0n) is 13.8. The molecule has 2 atom stereocenters. The van der Waals surface area contributed by atoms with Crippen LogP contribution < -0.4 is 14.8 Å². The Balaban J connectivity index is 0.00000208. The van der Waals surface area contributed by atoms with E-state index < -0.39 is 0 Å². The van der Waals surface area contributed by atoms with Gasteiger partial charge in [0, 0.05) is 13.1 Å². The monoisotopic (exact) mass is 349 g/mol. The van der Waals surface area contributed by atoms with Crippen molar-refractivity contribution < 1.29 is 14.2 Å². The molecule has 5 heteroatoms. The van der Waals surface area contributed by atoms with Crippen LogP contribution in [0.5, 0.6) is 11.5 Å². The number of hydrogen-bond acceptors (Lipinski definition) is 4. The molecule has 1 unspecified atom stereocenters. The van der Waals surface area contributed by atoms with E-state index >= 15 is 0 Å². The van der Waals surface area contributed by atoms with Crippen molar-refractivity contribution in [3.05, 3.63) is 60.2 Å². The molecular weight excluding hydrogens is 326 g/mol. The highest BCUT2D eigenvalue weighted by molar-refractivity contribution is 5.85. The average Bonchev–Trinajstić information content (AvgIpc) is 2.63. The predicted molar refractivity (Wildman–Crippen MR) is 97.3 cm³/mol. The highest BCUT2D eigenvalue weighted by Crippen LogP contribution is 2.33. The summed E-state index contributed by atoms with van der Waals surface area (Å²) in [6, 6.07) is 18.0. The molecule has 0 saturated carbocycles. The number of benzene rings is 2. The van der Waals surface area contributed by atoms with E-state index in [1.165, 1.54) is 0 Å². The first-order valence-electron chi connectivity index (χ1n) is 8.14. The highest BCUT2D eigenvalue weighted by atomic mass is 35.5. The van der Waals surface area contributed by atoms with Crippen LogP contribution in [0.1, 0.15) is 18.6 Å². The Labute approximate surface area is 149 Å². The van der Waals surface area contributed by atoms with Gasteiger partial charge in [-0.1, -0.05) is 42.5 Å². The molecule has 1 N–H and O–H groups in total. The molecule has 0 aliphatic carbocycles. The molecule has 0 amide bonds. The summed E-state index contributed by atoms with van der Waals surface area (Å²) in [5.41, 5.74) is 1.10. The van der Waals surface area contributed by atoms with Crippen molar-refractivity contribution >= 4 is 12.4 Å².